The summed E-state index contributed by atoms with van der Waals surface area (Å²) in [5.74, 6) is -1.09. The van der Waals surface area contributed by atoms with Crippen LogP contribution in [-0.2, 0) is 6.54 Å². The van der Waals surface area contributed by atoms with E-state index in [4.69, 9.17) is 0 Å². The molecule has 3 aromatic rings. The molecule has 1 amide bonds. The van der Waals surface area contributed by atoms with Gasteiger partial charge >= 0.3 is 0 Å². The molecule has 1 heterocycles. The highest BCUT2D eigenvalue weighted by molar-refractivity contribution is 6.09. The van der Waals surface area contributed by atoms with E-state index in [9.17, 15) is 19.8 Å². The Hall–Kier alpha value is -3.28. The van der Waals surface area contributed by atoms with Crippen LogP contribution in [0.2, 0.25) is 0 Å². The summed E-state index contributed by atoms with van der Waals surface area (Å²) in [5.41, 5.74) is 0.0108. The van der Waals surface area contributed by atoms with Crippen molar-refractivity contribution in [3.8, 4) is 11.5 Å². The number of hydrogen-bond acceptors (Lipinski definition) is 4. The van der Waals surface area contributed by atoms with Gasteiger partial charge in [0, 0.05) is 23.7 Å². The van der Waals surface area contributed by atoms with Gasteiger partial charge in [-0.15, -0.1) is 0 Å². The molecule has 0 radical (unpaired) electrons. The number of carbonyl (C=O) groups is 1. The summed E-state index contributed by atoms with van der Waals surface area (Å²) in [7, 11) is 0. The maximum atomic E-state index is 12.6. The Morgan fingerprint density at radius 1 is 1.12 bits per heavy atom. The number of amides is 1. The van der Waals surface area contributed by atoms with Gasteiger partial charge in [0.05, 0.1) is 5.52 Å². The molecule has 1 aromatic heterocycles. The number of pyridine rings is 1. The summed E-state index contributed by atoms with van der Waals surface area (Å²) in [6.45, 7) is 2.16. The van der Waals surface area contributed by atoms with E-state index < -0.39 is 11.5 Å². The number of para-hydroxylation sites is 1. The molecule has 3 N–H and O–H groups in total. The molecule has 122 valence electrons. The van der Waals surface area contributed by atoms with Gasteiger partial charge in [0.2, 0.25) is 0 Å². The van der Waals surface area contributed by atoms with E-state index in [2.05, 4.69) is 5.32 Å². The highest BCUT2D eigenvalue weighted by Gasteiger charge is 2.21. The SMILES string of the molecule is CCn1c(=O)c(C(=O)Nc2cccc(O)c2)c(O)c2ccccc21. The van der Waals surface area contributed by atoms with Crippen LogP contribution in [0.1, 0.15) is 17.3 Å². The van der Waals surface area contributed by atoms with Crippen molar-refractivity contribution in [3.05, 3.63) is 64.4 Å². The fraction of sp³-hybridized carbons (Fsp3) is 0.111. The van der Waals surface area contributed by atoms with Gasteiger partial charge in [-0.1, -0.05) is 18.2 Å². The molecule has 0 saturated heterocycles. The summed E-state index contributed by atoms with van der Waals surface area (Å²) in [6, 6.07) is 12.8. The molecule has 0 bridgehead atoms. The highest BCUT2D eigenvalue weighted by Crippen LogP contribution is 2.27. The van der Waals surface area contributed by atoms with Crippen molar-refractivity contribution in [2.45, 2.75) is 13.5 Å². The number of phenols is 1. The lowest BCUT2D eigenvalue weighted by Crippen LogP contribution is -2.29. The number of anilines is 1. The third-order valence-corrected chi connectivity index (χ3v) is 3.79. The number of nitrogens with zero attached hydrogens (tertiary/aromatic N) is 1. The summed E-state index contributed by atoms with van der Waals surface area (Å²) < 4.78 is 1.44. The van der Waals surface area contributed by atoms with Crippen LogP contribution in [0.5, 0.6) is 11.5 Å². The molecule has 0 aliphatic carbocycles. The molecule has 0 unspecified atom stereocenters. The Balaban J connectivity index is 2.15. The monoisotopic (exact) mass is 324 g/mol. The van der Waals surface area contributed by atoms with Crippen molar-refractivity contribution in [3.63, 3.8) is 0 Å². The molecule has 0 aliphatic heterocycles. The molecule has 0 saturated carbocycles. The van der Waals surface area contributed by atoms with Gasteiger partial charge in [-0.25, -0.2) is 0 Å². The molecule has 0 atom stereocenters. The van der Waals surface area contributed by atoms with E-state index in [0.717, 1.165) is 0 Å². The van der Waals surface area contributed by atoms with Crippen molar-refractivity contribution in [1.82, 2.24) is 4.57 Å². The normalized spacial score (nSPS) is 10.7. The Morgan fingerprint density at radius 2 is 1.88 bits per heavy atom. The van der Waals surface area contributed by atoms with Crippen LogP contribution in [0.15, 0.2) is 53.3 Å². The number of aromatic hydroxyl groups is 2. The maximum absolute atomic E-state index is 12.6. The average Bonchev–Trinajstić information content (AvgIpc) is 2.55. The number of aryl methyl sites for hydroxylation is 1. The Kier molecular flexibility index (Phi) is 3.95. The lowest BCUT2D eigenvalue weighted by molar-refractivity contribution is 0.102. The predicted molar refractivity (Wildman–Crippen MR) is 91.6 cm³/mol. The lowest BCUT2D eigenvalue weighted by atomic mass is 10.1. The first-order valence-corrected chi connectivity index (χ1v) is 7.47. The molecule has 24 heavy (non-hydrogen) atoms. The number of nitrogens with one attached hydrogen (secondary N) is 1. The largest absolute Gasteiger partial charge is 0.508 e. The molecular weight excluding hydrogens is 308 g/mol. The third kappa shape index (κ3) is 2.58. The van der Waals surface area contributed by atoms with Gasteiger partial charge in [0.25, 0.3) is 11.5 Å². The van der Waals surface area contributed by atoms with E-state index in [0.29, 0.717) is 23.1 Å². The summed E-state index contributed by atoms with van der Waals surface area (Å²) >= 11 is 0. The molecule has 6 nitrogen and oxygen atoms in total. The number of rotatable bonds is 3. The fourth-order valence-electron chi connectivity index (χ4n) is 2.69. The van der Waals surface area contributed by atoms with Gasteiger partial charge in [-0.2, -0.15) is 0 Å². The Labute approximate surface area is 137 Å². The quantitative estimate of drug-likeness (QED) is 0.691. The number of hydrogen-bond donors (Lipinski definition) is 3. The minimum absolute atomic E-state index is 0.0125. The predicted octanol–water partition coefficient (Wildman–Crippen LogP) is 2.68. The van der Waals surface area contributed by atoms with Gasteiger partial charge < -0.3 is 20.1 Å². The van der Waals surface area contributed by atoms with Crippen LogP contribution in [0.4, 0.5) is 5.69 Å². The van der Waals surface area contributed by atoms with Crippen LogP contribution in [0, 0.1) is 0 Å². The van der Waals surface area contributed by atoms with Crippen molar-refractivity contribution >= 4 is 22.5 Å². The summed E-state index contributed by atoms with van der Waals surface area (Å²) in [5, 5.41) is 22.8. The zero-order valence-corrected chi connectivity index (χ0v) is 13.0. The smallest absolute Gasteiger partial charge is 0.267 e. The number of phenolic OH excluding ortho intramolecular Hbond substituents is 1. The summed E-state index contributed by atoms with van der Waals surface area (Å²) in [6.07, 6.45) is 0. The lowest BCUT2D eigenvalue weighted by Gasteiger charge is -2.13. The first-order chi connectivity index (χ1) is 11.5. The third-order valence-electron chi connectivity index (χ3n) is 3.79. The molecule has 2 aromatic carbocycles. The van der Waals surface area contributed by atoms with Crippen molar-refractivity contribution in [1.29, 1.82) is 0 Å². The molecule has 6 heteroatoms. The topological polar surface area (TPSA) is 91.6 Å². The van der Waals surface area contributed by atoms with Gasteiger partial charge in [-0.05, 0) is 31.2 Å². The maximum Gasteiger partial charge on any atom is 0.267 e. The number of carbonyl (C=O) groups excluding carboxylic acids is 1. The van der Waals surface area contributed by atoms with E-state index in [-0.39, 0.29) is 17.1 Å². The van der Waals surface area contributed by atoms with Gasteiger partial charge in [-0.3, -0.25) is 9.59 Å². The first-order valence-electron chi connectivity index (χ1n) is 7.47. The van der Waals surface area contributed by atoms with E-state index in [1.807, 2.05) is 0 Å². The summed E-state index contributed by atoms with van der Waals surface area (Å²) in [4.78, 5) is 25.1. The minimum Gasteiger partial charge on any atom is -0.508 e. The number of benzene rings is 2. The molecule has 0 fully saturated rings. The van der Waals surface area contributed by atoms with Gasteiger partial charge in [0.1, 0.15) is 17.1 Å². The van der Waals surface area contributed by atoms with Crippen LogP contribution >= 0.6 is 0 Å². The van der Waals surface area contributed by atoms with Crippen LogP contribution in [-0.4, -0.2) is 20.7 Å². The second-order valence-electron chi connectivity index (χ2n) is 5.29. The number of aromatic nitrogens is 1. The van der Waals surface area contributed by atoms with E-state index in [1.54, 1.807) is 43.3 Å². The van der Waals surface area contributed by atoms with E-state index >= 15 is 0 Å². The standard InChI is InChI=1S/C18H16N2O4/c1-2-20-14-9-4-3-8-13(14)16(22)15(18(20)24)17(23)19-11-6-5-7-12(21)10-11/h3-10,21-22H,2H2,1H3,(H,19,23). The second-order valence-corrected chi connectivity index (χ2v) is 5.29. The van der Waals surface area contributed by atoms with Crippen molar-refractivity contribution < 1.29 is 15.0 Å². The average molecular weight is 324 g/mol. The van der Waals surface area contributed by atoms with Crippen molar-refractivity contribution in [2.24, 2.45) is 0 Å². The van der Waals surface area contributed by atoms with Crippen molar-refractivity contribution in [2.75, 3.05) is 5.32 Å². The zero-order chi connectivity index (χ0) is 17.3. The highest BCUT2D eigenvalue weighted by atomic mass is 16.3. The van der Waals surface area contributed by atoms with Crippen LogP contribution in [0.25, 0.3) is 10.9 Å². The molecule has 0 aliphatic rings. The van der Waals surface area contributed by atoms with Crippen LogP contribution < -0.4 is 10.9 Å². The Bertz CT molecular complexity index is 992. The van der Waals surface area contributed by atoms with Crippen LogP contribution in [0.3, 0.4) is 0 Å². The first kappa shape index (κ1) is 15.6. The zero-order valence-electron chi connectivity index (χ0n) is 13.0. The Morgan fingerprint density at radius 3 is 2.58 bits per heavy atom. The van der Waals surface area contributed by atoms with Gasteiger partial charge in [0.15, 0.2) is 0 Å². The molecule has 3 rings (SSSR count). The second kappa shape index (κ2) is 6.08. The fourth-order valence-corrected chi connectivity index (χ4v) is 2.69. The minimum atomic E-state index is -0.726. The van der Waals surface area contributed by atoms with E-state index in [1.165, 1.54) is 16.7 Å². The number of fused-ring (bicyclic) bond motifs is 1. The molecular formula is C18H16N2O4. The molecule has 0 spiro atoms.